The Kier molecular flexibility index (Phi) is 6.67. The highest BCUT2D eigenvalue weighted by Crippen LogP contribution is 2.34. The van der Waals surface area contributed by atoms with Crippen LogP contribution in [-0.4, -0.2) is 29.6 Å². The molecule has 0 radical (unpaired) electrons. The molecule has 3 rings (SSSR count). The maximum absolute atomic E-state index is 12.9. The van der Waals surface area contributed by atoms with E-state index in [4.69, 9.17) is 9.47 Å². The molecule has 0 saturated carbocycles. The van der Waals surface area contributed by atoms with Crippen LogP contribution in [-0.2, 0) is 0 Å². The maximum atomic E-state index is 12.9. The molecule has 0 amide bonds. The lowest BCUT2D eigenvalue weighted by atomic mass is 9.99. The Bertz CT molecular complexity index is 1180. The molecule has 0 bridgehead atoms. The number of halogens is 2. The molecule has 0 N–H and O–H groups in total. The quantitative estimate of drug-likeness (QED) is 0.401. The molecule has 1 aromatic heterocycles. The third-order valence-electron chi connectivity index (χ3n) is 4.23. The first kappa shape index (κ1) is 22.5. The van der Waals surface area contributed by atoms with Crippen molar-refractivity contribution >= 4 is 49.0 Å². The van der Waals surface area contributed by atoms with Crippen LogP contribution in [0.15, 0.2) is 49.2 Å². The number of hydrogen-bond donors (Lipinski definition) is 0. The van der Waals surface area contributed by atoms with Crippen molar-refractivity contribution in [1.82, 2.24) is 9.66 Å². The lowest BCUT2D eigenvalue weighted by Crippen LogP contribution is -2.20. The van der Waals surface area contributed by atoms with E-state index in [0.29, 0.717) is 34.8 Å². The molecule has 0 atom stereocenters. The standard InChI is InChI=1S/C22H23Br2N3O3/c1-13-26-18-7-6-15(23)9-16(18)21(28)27(13)25-11-14-8-19(29-5)20(10-17(14)24)30-12-22(2,3)4/h6-11H,12H2,1-5H3. The van der Waals surface area contributed by atoms with E-state index in [1.165, 1.54) is 4.68 Å². The Morgan fingerprint density at radius 3 is 2.57 bits per heavy atom. The summed E-state index contributed by atoms with van der Waals surface area (Å²) in [4.78, 5) is 17.4. The van der Waals surface area contributed by atoms with Crippen molar-refractivity contribution in [2.45, 2.75) is 27.7 Å². The summed E-state index contributed by atoms with van der Waals surface area (Å²) in [6.07, 6.45) is 1.60. The largest absolute Gasteiger partial charge is 0.493 e. The van der Waals surface area contributed by atoms with E-state index < -0.39 is 0 Å². The number of hydrogen-bond acceptors (Lipinski definition) is 5. The van der Waals surface area contributed by atoms with Crippen LogP contribution in [0.3, 0.4) is 0 Å². The summed E-state index contributed by atoms with van der Waals surface area (Å²) in [7, 11) is 1.59. The first-order valence-corrected chi connectivity index (χ1v) is 10.9. The predicted molar refractivity (Wildman–Crippen MR) is 127 cm³/mol. The van der Waals surface area contributed by atoms with Gasteiger partial charge < -0.3 is 9.47 Å². The number of methoxy groups -OCH3 is 1. The van der Waals surface area contributed by atoms with E-state index in [2.05, 4.69) is 62.7 Å². The third-order valence-corrected chi connectivity index (χ3v) is 5.41. The average molecular weight is 537 g/mol. The Morgan fingerprint density at radius 2 is 1.90 bits per heavy atom. The number of benzene rings is 2. The summed E-state index contributed by atoms with van der Waals surface area (Å²) in [5.74, 6) is 1.73. The van der Waals surface area contributed by atoms with E-state index in [1.54, 1.807) is 32.4 Å². The van der Waals surface area contributed by atoms with Gasteiger partial charge in [-0.15, -0.1) is 0 Å². The summed E-state index contributed by atoms with van der Waals surface area (Å²) in [6.45, 7) is 8.61. The first-order valence-electron chi connectivity index (χ1n) is 9.32. The van der Waals surface area contributed by atoms with Crippen molar-refractivity contribution in [2.24, 2.45) is 10.5 Å². The van der Waals surface area contributed by atoms with Gasteiger partial charge in [0.2, 0.25) is 0 Å². The fourth-order valence-corrected chi connectivity index (χ4v) is 3.52. The number of nitrogens with zero attached hydrogens (tertiary/aromatic N) is 3. The maximum Gasteiger partial charge on any atom is 0.282 e. The molecule has 1 heterocycles. The van der Waals surface area contributed by atoms with Crippen molar-refractivity contribution in [2.75, 3.05) is 13.7 Å². The van der Waals surface area contributed by atoms with Gasteiger partial charge in [-0.05, 0) is 58.6 Å². The van der Waals surface area contributed by atoms with Gasteiger partial charge in [0.05, 0.1) is 30.8 Å². The van der Waals surface area contributed by atoms with Crippen molar-refractivity contribution in [3.8, 4) is 11.5 Å². The van der Waals surface area contributed by atoms with Crippen LogP contribution < -0.4 is 15.0 Å². The second-order valence-electron chi connectivity index (χ2n) is 8.06. The van der Waals surface area contributed by atoms with Crippen LogP contribution in [0.1, 0.15) is 32.2 Å². The van der Waals surface area contributed by atoms with Crippen molar-refractivity contribution in [1.29, 1.82) is 0 Å². The minimum Gasteiger partial charge on any atom is -0.493 e. The van der Waals surface area contributed by atoms with E-state index in [-0.39, 0.29) is 11.0 Å². The number of aromatic nitrogens is 2. The Balaban J connectivity index is 1.99. The van der Waals surface area contributed by atoms with Gasteiger partial charge in [0.25, 0.3) is 5.56 Å². The van der Waals surface area contributed by atoms with Gasteiger partial charge in [0.15, 0.2) is 11.5 Å². The van der Waals surface area contributed by atoms with Crippen LogP contribution in [0.2, 0.25) is 0 Å². The molecule has 0 saturated heterocycles. The summed E-state index contributed by atoms with van der Waals surface area (Å²) in [6, 6.07) is 9.07. The molecular weight excluding hydrogens is 514 g/mol. The first-order chi connectivity index (χ1) is 14.1. The zero-order valence-corrected chi connectivity index (χ0v) is 20.7. The van der Waals surface area contributed by atoms with Crippen molar-refractivity contribution < 1.29 is 9.47 Å². The average Bonchev–Trinajstić information content (AvgIpc) is 2.67. The fourth-order valence-electron chi connectivity index (χ4n) is 2.73. The number of aryl methyl sites for hydroxylation is 1. The lowest BCUT2D eigenvalue weighted by Gasteiger charge is -2.20. The molecule has 8 heteroatoms. The van der Waals surface area contributed by atoms with E-state index in [0.717, 1.165) is 14.5 Å². The molecule has 0 aliphatic rings. The van der Waals surface area contributed by atoms with E-state index in [9.17, 15) is 4.79 Å². The van der Waals surface area contributed by atoms with Crippen LogP contribution in [0, 0.1) is 12.3 Å². The smallest absolute Gasteiger partial charge is 0.282 e. The van der Waals surface area contributed by atoms with Crippen LogP contribution >= 0.6 is 31.9 Å². The Labute approximate surface area is 192 Å². The summed E-state index contributed by atoms with van der Waals surface area (Å²) < 4.78 is 14.3. The molecular formula is C22H23Br2N3O3. The lowest BCUT2D eigenvalue weighted by molar-refractivity contribution is 0.191. The van der Waals surface area contributed by atoms with Gasteiger partial charge in [0, 0.05) is 14.5 Å². The van der Waals surface area contributed by atoms with E-state index in [1.807, 2.05) is 18.2 Å². The minimum atomic E-state index is -0.233. The second kappa shape index (κ2) is 8.89. The number of fused-ring (bicyclic) bond motifs is 1. The number of ether oxygens (including phenoxy) is 2. The predicted octanol–water partition coefficient (Wildman–Crippen LogP) is 5.55. The van der Waals surface area contributed by atoms with Crippen LogP contribution in [0.25, 0.3) is 10.9 Å². The van der Waals surface area contributed by atoms with Gasteiger partial charge in [-0.1, -0.05) is 36.7 Å². The molecule has 158 valence electrons. The Hall–Kier alpha value is -2.19. The second-order valence-corrected chi connectivity index (χ2v) is 9.83. The highest BCUT2D eigenvalue weighted by atomic mass is 79.9. The molecule has 3 aromatic rings. The zero-order valence-electron chi connectivity index (χ0n) is 17.5. The highest BCUT2D eigenvalue weighted by Gasteiger charge is 2.15. The summed E-state index contributed by atoms with van der Waals surface area (Å²) in [5, 5.41) is 4.88. The monoisotopic (exact) mass is 535 g/mol. The molecule has 6 nitrogen and oxygen atoms in total. The van der Waals surface area contributed by atoms with Crippen LogP contribution in [0.5, 0.6) is 11.5 Å². The molecule has 0 spiro atoms. The molecule has 0 aliphatic heterocycles. The Morgan fingerprint density at radius 1 is 1.17 bits per heavy atom. The van der Waals surface area contributed by atoms with Crippen LogP contribution in [0.4, 0.5) is 0 Å². The summed E-state index contributed by atoms with van der Waals surface area (Å²) >= 11 is 6.95. The van der Waals surface area contributed by atoms with Crippen molar-refractivity contribution in [3.63, 3.8) is 0 Å². The molecule has 2 aromatic carbocycles. The van der Waals surface area contributed by atoms with Gasteiger partial charge in [0.1, 0.15) is 5.82 Å². The van der Waals surface area contributed by atoms with Gasteiger partial charge in [-0.3, -0.25) is 4.79 Å². The van der Waals surface area contributed by atoms with Gasteiger partial charge in [-0.25, -0.2) is 4.98 Å². The minimum absolute atomic E-state index is 0.0222. The summed E-state index contributed by atoms with van der Waals surface area (Å²) in [5.41, 5.74) is 1.17. The fraction of sp³-hybridized carbons (Fsp3) is 0.318. The molecule has 0 aliphatic carbocycles. The molecule has 0 fully saturated rings. The molecule has 30 heavy (non-hydrogen) atoms. The SMILES string of the molecule is COc1cc(C=Nn2c(C)nc3ccc(Br)cc3c2=O)c(Br)cc1OCC(C)(C)C. The van der Waals surface area contributed by atoms with Gasteiger partial charge in [-0.2, -0.15) is 9.78 Å². The van der Waals surface area contributed by atoms with E-state index >= 15 is 0 Å². The molecule has 0 unspecified atom stereocenters. The third kappa shape index (κ3) is 5.10. The zero-order chi connectivity index (χ0) is 22.1. The number of rotatable bonds is 5. The normalized spacial score (nSPS) is 12.0. The highest BCUT2D eigenvalue weighted by molar-refractivity contribution is 9.10. The van der Waals surface area contributed by atoms with Gasteiger partial charge >= 0.3 is 0 Å². The topological polar surface area (TPSA) is 65.7 Å². The van der Waals surface area contributed by atoms with Crippen molar-refractivity contribution in [3.05, 3.63) is 61.0 Å².